The number of hydrogen-bond acceptors (Lipinski definition) is 2. The molecule has 0 aliphatic carbocycles. The maximum atomic E-state index is 12.1. The molecule has 0 N–H and O–H groups in total. The zero-order valence-electron chi connectivity index (χ0n) is 12.2. The van der Waals surface area contributed by atoms with E-state index in [1.807, 2.05) is 55.5 Å². The first-order valence-electron chi connectivity index (χ1n) is 6.72. The molecule has 1 amide bonds. The molecule has 0 saturated carbocycles. The number of ether oxygens (including phenoxy) is 1. The minimum Gasteiger partial charge on any atom is -0.484 e. The lowest BCUT2D eigenvalue weighted by Gasteiger charge is -2.17. The van der Waals surface area contributed by atoms with Crippen molar-refractivity contribution in [1.29, 1.82) is 0 Å². The van der Waals surface area contributed by atoms with E-state index in [2.05, 4.69) is 15.9 Å². The lowest BCUT2D eigenvalue weighted by molar-refractivity contribution is -0.132. The predicted octanol–water partition coefficient (Wildman–Crippen LogP) is 3.79. The number of nitrogens with zero attached hydrogens (tertiary/aromatic N) is 1. The largest absolute Gasteiger partial charge is 0.484 e. The van der Waals surface area contributed by atoms with Crippen LogP contribution in [0.2, 0.25) is 0 Å². The Morgan fingerprint density at radius 2 is 1.90 bits per heavy atom. The van der Waals surface area contributed by atoms with Crippen LogP contribution in [0.3, 0.4) is 0 Å². The maximum Gasteiger partial charge on any atom is 0.260 e. The van der Waals surface area contributed by atoms with Crippen molar-refractivity contribution < 1.29 is 9.53 Å². The summed E-state index contributed by atoms with van der Waals surface area (Å²) in [5, 5.41) is 0. The molecule has 0 atom stereocenters. The van der Waals surface area contributed by atoms with Gasteiger partial charge in [0.25, 0.3) is 5.91 Å². The monoisotopic (exact) mass is 347 g/mol. The van der Waals surface area contributed by atoms with Crippen LogP contribution in [0.4, 0.5) is 0 Å². The number of carbonyl (C=O) groups excluding carboxylic acids is 1. The minimum absolute atomic E-state index is 0.0405. The third kappa shape index (κ3) is 4.90. The van der Waals surface area contributed by atoms with E-state index in [1.54, 1.807) is 11.9 Å². The number of amides is 1. The molecule has 0 bridgehead atoms. The first-order chi connectivity index (χ1) is 10.0. The Labute approximate surface area is 133 Å². The standard InChI is InChI=1S/C17H18BrNO2/c1-13-6-8-14(9-7-13)11-19(2)17(20)12-21-16-5-3-4-15(18)10-16/h3-10H,11-12H2,1-2H3. The van der Waals surface area contributed by atoms with Crippen LogP contribution in [0.15, 0.2) is 53.0 Å². The van der Waals surface area contributed by atoms with Crippen molar-refractivity contribution in [2.45, 2.75) is 13.5 Å². The topological polar surface area (TPSA) is 29.5 Å². The van der Waals surface area contributed by atoms with Crippen LogP contribution in [-0.2, 0) is 11.3 Å². The van der Waals surface area contributed by atoms with Gasteiger partial charge in [0, 0.05) is 18.1 Å². The molecule has 0 aliphatic heterocycles. The highest BCUT2D eigenvalue weighted by Gasteiger charge is 2.10. The van der Waals surface area contributed by atoms with Crippen LogP contribution in [0.25, 0.3) is 0 Å². The van der Waals surface area contributed by atoms with Gasteiger partial charge in [-0.3, -0.25) is 4.79 Å². The van der Waals surface area contributed by atoms with Gasteiger partial charge in [0.1, 0.15) is 5.75 Å². The number of hydrogen-bond donors (Lipinski definition) is 0. The average molecular weight is 348 g/mol. The molecule has 3 nitrogen and oxygen atoms in total. The van der Waals surface area contributed by atoms with E-state index in [1.165, 1.54) is 5.56 Å². The van der Waals surface area contributed by atoms with E-state index in [0.29, 0.717) is 12.3 Å². The lowest BCUT2D eigenvalue weighted by atomic mass is 10.1. The molecule has 0 saturated heterocycles. The van der Waals surface area contributed by atoms with Gasteiger partial charge in [-0.05, 0) is 30.7 Å². The Bertz CT molecular complexity index is 610. The molecule has 2 aromatic carbocycles. The van der Waals surface area contributed by atoms with E-state index in [0.717, 1.165) is 10.0 Å². The SMILES string of the molecule is Cc1ccc(CN(C)C(=O)COc2cccc(Br)c2)cc1. The number of halogens is 1. The van der Waals surface area contributed by atoms with Gasteiger partial charge in [-0.15, -0.1) is 0 Å². The van der Waals surface area contributed by atoms with Crippen molar-refractivity contribution in [2.75, 3.05) is 13.7 Å². The van der Waals surface area contributed by atoms with Crippen molar-refractivity contribution in [1.82, 2.24) is 4.90 Å². The summed E-state index contributed by atoms with van der Waals surface area (Å²) in [4.78, 5) is 13.7. The summed E-state index contributed by atoms with van der Waals surface area (Å²) in [5.41, 5.74) is 2.32. The predicted molar refractivity (Wildman–Crippen MR) is 87.3 cm³/mol. The number of rotatable bonds is 5. The van der Waals surface area contributed by atoms with Crippen molar-refractivity contribution in [2.24, 2.45) is 0 Å². The van der Waals surface area contributed by atoms with Crippen LogP contribution < -0.4 is 4.74 Å². The Kier molecular flexibility index (Phi) is 5.39. The van der Waals surface area contributed by atoms with E-state index < -0.39 is 0 Å². The van der Waals surface area contributed by atoms with Gasteiger partial charge in [0.2, 0.25) is 0 Å². The van der Waals surface area contributed by atoms with Crippen molar-refractivity contribution in [3.63, 3.8) is 0 Å². The van der Waals surface area contributed by atoms with Gasteiger partial charge in [0.05, 0.1) is 0 Å². The van der Waals surface area contributed by atoms with Gasteiger partial charge in [-0.25, -0.2) is 0 Å². The second kappa shape index (κ2) is 7.27. The maximum absolute atomic E-state index is 12.1. The second-order valence-electron chi connectivity index (χ2n) is 4.98. The molecule has 0 unspecified atom stereocenters. The molecule has 0 spiro atoms. The van der Waals surface area contributed by atoms with Crippen molar-refractivity contribution in [3.05, 3.63) is 64.1 Å². The van der Waals surface area contributed by atoms with Crippen LogP contribution in [-0.4, -0.2) is 24.5 Å². The number of benzene rings is 2. The molecule has 0 heterocycles. The Morgan fingerprint density at radius 3 is 2.57 bits per heavy atom. The van der Waals surface area contributed by atoms with Gasteiger partial charge in [-0.1, -0.05) is 51.8 Å². The molecular formula is C17H18BrNO2. The zero-order valence-corrected chi connectivity index (χ0v) is 13.8. The summed E-state index contributed by atoms with van der Waals surface area (Å²) in [6, 6.07) is 15.6. The molecule has 110 valence electrons. The summed E-state index contributed by atoms with van der Waals surface area (Å²) < 4.78 is 6.44. The molecule has 2 rings (SSSR count). The minimum atomic E-state index is -0.0458. The van der Waals surface area contributed by atoms with Crippen LogP contribution >= 0.6 is 15.9 Å². The molecule has 2 aromatic rings. The van der Waals surface area contributed by atoms with Crippen LogP contribution in [0, 0.1) is 6.92 Å². The normalized spacial score (nSPS) is 10.2. The van der Waals surface area contributed by atoms with Crippen molar-refractivity contribution in [3.8, 4) is 5.75 Å². The smallest absolute Gasteiger partial charge is 0.260 e. The van der Waals surface area contributed by atoms with Gasteiger partial charge >= 0.3 is 0 Å². The molecular weight excluding hydrogens is 330 g/mol. The summed E-state index contributed by atoms with van der Waals surface area (Å²) in [6.07, 6.45) is 0. The first-order valence-corrected chi connectivity index (χ1v) is 7.52. The van der Waals surface area contributed by atoms with E-state index in [-0.39, 0.29) is 12.5 Å². The van der Waals surface area contributed by atoms with Gasteiger partial charge in [0.15, 0.2) is 6.61 Å². The third-order valence-electron chi connectivity index (χ3n) is 3.12. The fraction of sp³-hybridized carbons (Fsp3) is 0.235. The number of carbonyl (C=O) groups is 1. The zero-order chi connectivity index (χ0) is 15.2. The summed E-state index contributed by atoms with van der Waals surface area (Å²) in [5.74, 6) is 0.636. The third-order valence-corrected chi connectivity index (χ3v) is 3.62. The molecule has 0 aromatic heterocycles. The van der Waals surface area contributed by atoms with E-state index in [4.69, 9.17) is 4.74 Å². The average Bonchev–Trinajstić information content (AvgIpc) is 2.47. The summed E-state index contributed by atoms with van der Waals surface area (Å²) >= 11 is 3.37. The fourth-order valence-electron chi connectivity index (χ4n) is 1.87. The molecule has 4 heteroatoms. The first kappa shape index (κ1) is 15.6. The molecule has 0 radical (unpaired) electrons. The van der Waals surface area contributed by atoms with Gasteiger partial charge < -0.3 is 9.64 Å². The molecule has 21 heavy (non-hydrogen) atoms. The summed E-state index contributed by atoms with van der Waals surface area (Å²) in [6.45, 7) is 2.67. The van der Waals surface area contributed by atoms with Crippen molar-refractivity contribution >= 4 is 21.8 Å². The van der Waals surface area contributed by atoms with E-state index in [9.17, 15) is 4.79 Å². The second-order valence-corrected chi connectivity index (χ2v) is 5.90. The Morgan fingerprint density at radius 1 is 1.19 bits per heavy atom. The quantitative estimate of drug-likeness (QED) is 0.823. The summed E-state index contributed by atoms with van der Waals surface area (Å²) in [7, 11) is 1.78. The van der Waals surface area contributed by atoms with E-state index >= 15 is 0 Å². The fourth-order valence-corrected chi connectivity index (χ4v) is 2.25. The number of likely N-dealkylation sites (N-methyl/N-ethyl adjacent to an activating group) is 1. The van der Waals surface area contributed by atoms with Gasteiger partial charge in [-0.2, -0.15) is 0 Å². The molecule has 0 aliphatic rings. The Hall–Kier alpha value is -1.81. The van der Waals surface area contributed by atoms with Crippen LogP contribution in [0.1, 0.15) is 11.1 Å². The lowest BCUT2D eigenvalue weighted by Crippen LogP contribution is -2.30. The highest BCUT2D eigenvalue weighted by molar-refractivity contribution is 9.10. The highest BCUT2D eigenvalue weighted by atomic mass is 79.9. The number of aryl methyl sites for hydroxylation is 1. The molecule has 0 fully saturated rings. The Balaban J connectivity index is 1.86. The highest BCUT2D eigenvalue weighted by Crippen LogP contribution is 2.17. The van der Waals surface area contributed by atoms with Crippen LogP contribution in [0.5, 0.6) is 5.75 Å².